The summed E-state index contributed by atoms with van der Waals surface area (Å²) in [6.07, 6.45) is 8.37. The topological polar surface area (TPSA) is 119 Å². The van der Waals surface area contributed by atoms with Crippen LogP contribution < -0.4 is 5.46 Å². The lowest BCUT2D eigenvalue weighted by Crippen LogP contribution is -2.29. The number of hydrogen-bond acceptors (Lipinski definition) is 8. The molecule has 1 aliphatic rings. The number of allylic oxidation sites excluding steroid dienone is 2. The smallest absolute Gasteiger partial charge is 0.465 e. The fourth-order valence-corrected chi connectivity index (χ4v) is 6.06. The lowest BCUT2D eigenvalue weighted by atomic mass is 9.79. The molecule has 0 bridgehead atoms. The molecule has 246 valence electrons. The van der Waals surface area contributed by atoms with Gasteiger partial charge in [0.2, 0.25) is 5.76 Å². The van der Waals surface area contributed by atoms with Gasteiger partial charge >= 0.3 is 19.1 Å². The van der Waals surface area contributed by atoms with Crippen molar-refractivity contribution in [3.63, 3.8) is 0 Å². The van der Waals surface area contributed by atoms with E-state index in [1.807, 2.05) is 78.9 Å². The predicted molar refractivity (Wildman–Crippen MR) is 199 cm³/mol. The molecular weight excluding hydrogens is 699 g/mol. The third-order valence-corrected chi connectivity index (χ3v) is 8.65. The van der Waals surface area contributed by atoms with Crippen LogP contribution in [0.4, 0.5) is 0 Å². The number of para-hydroxylation sites is 3. The molecule has 0 atom stereocenters. The van der Waals surface area contributed by atoms with Gasteiger partial charge in [0, 0.05) is 32.3 Å². The van der Waals surface area contributed by atoms with Gasteiger partial charge in [-0.15, -0.1) is 0 Å². The van der Waals surface area contributed by atoms with Crippen molar-refractivity contribution in [3.05, 3.63) is 148 Å². The van der Waals surface area contributed by atoms with Crippen LogP contribution in [-0.2, 0) is 9.47 Å². The van der Waals surface area contributed by atoms with Crippen molar-refractivity contribution in [2.75, 3.05) is 14.2 Å². The molecular formula is C40H29BBrO8+. The molecule has 0 saturated carbocycles. The maximum atomic E-state index is 12.1. The van der Waals surface area contributed by atoms with Gasteiger partial charge in [0.1, 0.15) is 28.9 Å². The molecule has 2 heterocycles. The Morgan fingerprint density at radius 1 is 0.680 bits per heavy atom. The zero-order valence-electron chi connectivity index (χ0n) is 26.9. The molecule has 0 spiro atoms. The summed E-state index contributed by atoms with van der Waals surface area (Å²) in [5.41, 5.74) is 6.26. The van der Waals surface area contributed by atoms with Crippen LogP contribution in [0.5, 0.6) is 0 Å². The van der Waals surface area contributed by atoms with Crippen molar-refractivity contribution in [2.45, 2.75) is 0 Å². The van der Waals surface area contributed by atoms with Gasteiger partial charge in [-0.3, -0.25) is 0 Å². The fourth-order valence-electron chi connectivity index (χ4n) is 5.62. The molecule has 0 fully saturated rings. The van der Waals surface area contributed by atoms with Gasteiger partial charge < -0.3 is 28.4 Å². The highest BCUT2D eigenvalue weighted by atomic mass is 79.9. The minimum atomic E-state index is -1.52. The summed E-state index contributed by atoms with van der Waals surface area (Å²) in [4.78, 5) is 23.0. The van der Waals surface area contributed by atoms with Crippen LogP contribution in [-0.4, -0.2) is 43.3 Å². The van der Waals surface area contributed by atoms with Crippen LogP contribution in [0.1, 0.15) is 32.0 Å². The maximum Gasteiger partial charge on any atom is 0.492 e. The Labute approximate surface area is 296 Å². The first-order chi connectivity index (χ1) is 24.3. The second-order valence-electron chi connectivity index (χ2n) is 10.9. The molecule has 2 aromatic heterocycles. The van der Waals surface area contributed by atoms with Crippen LogP contribution in [0.15, 0.2) is 129 Å². The van der Waals surface area contributed by atoms with Crippen molar-refractivity contribution in [3.8, 4) is 11.1 Å². The van der Waals surface area contributed by atoms with Crippen molar-refractivity contribution in [1.29, 1.82) is 0 Å². The Morgan fingerprint density at radius 3 is 2.06 bits per heavy atom. The first-order valence-corrected chi connectivity index (χ1v) is 16.2. The molecule has 2 N–H and O–H groups in total. The van der Waals surface area contributed by atoms with E-state index in [0.29, 0.717) is 27.9 Å². The van der Waals surface area contributed by atoms with Gasteiger partial charge in [-0.25, -0.2) is 9.59 Å². The highest BCUT2D eigenvalue weighted by Gasteiger charge is 2.25. The Kier molecular flexibility index (Phi) is 10.4. The van der Waals surface area contributed by atoms with Crippen molar-refractivity contribution >= 4 is 85.5 Å². The van der Waals surface area contributed by atoms with Gasteiger partial charge in [0.05, 0.1) is 36.8 Å². The number of carbonyl (C=O) groups excluding carboxylic acids is 2. The lowest BCUT2D eigenvalue weighted by molar-refractivity contribution is 0.0591. The number of hydrogen-bond donors (Lipinski definition) is 2. The summed E-state index contributed by atoms with van der Waals surface area (Å²) in [7, 11) is 1.23. The van der Waals surface area contributed by atoms with E-state index >= 15 is 0 Å². The molecule has 1 aliphatic carbocycles. The molecule has 50 heavy (non-hydrogen) atoms. The molecule has 0 radical (unpaired) electrons. The molecule has 7 aromatic rings. The number of methoxy groups -OCH3 is 2. The highest BCUT2D eigenvalue weighted by molar-refractivity contribution is 9.10. The number of rotatable bonds is 4. The van der Waals surface area contributed by atoms with Crippen LogP contribution >= 0.6 is 15.9 Å². The number of carbonyl (C=O) groups is 2. The zero-order chi connectivity index (χ0) is 35.2. The third-order valence-electron chi connectivity index (χ3n) is 7.96. The number of benzene rings is 5. The molecule has 10 heteroatoms. The van der Waals surface area contributed by atoms with Gasteiger partial charge in [0.25, 0.3) is 0 Å². The fraction of sp³-hybridized carbons (Fsp3) is 0.0500. The average molecular weight is 728 g/mol. The van der Waals surface area contributed by atoms with E-state index in [2.05, 4.69) is 26.7 Å². The molecule has 0 aliphatic heterocycles. The van der Waals surface area contributed by atoms with E-state index in [-0.39, 0.29) is 11.9 Å². The molecule has 5 aromatic carbocycles. The molecule has 0 saturated heterocycles. The number of ether oxygens (including phenoxy) is 2. The second-order valence-corrected chi connectivity index (χ2v) is 11.8. The number of esters is 2. The molecule has 8 rings (SSSR count). The van der Waals surface area contributed by atoms with E-state index in [4.69, 9.17) is 13.6 Å². The summed E-state index contributed by atoms with van der Waals surface area (Å²) in [5.74, 6) is 0.0248. The number of halogens is 1. The number of fused-ring (bicyclic) bond motifs is 6. The van der Waals surface area contributed by atoms with Crippen LogP contribution in [0.25, 0.3) is 56.2 Å². The third kappa shape index (κ3) is 6.87. The lowest BCUT2D eigenvalue weighted by Gasteiger charge is -2.08. The van der Waals surface area contributed by atoms with Crippen molar-refractivity contribution in [1.82, 2.24) is 0 Å². The standard InChI is InChI=1S/C20H14O3.C12H8BO3.C8H7BrO2/c1-22-20(21)17-9-3-2-7-13(17)15-10-6-11-16-14-8-4-5-12-18(14)23-19(15)16;14-13(15)10-6-3-5-9-8-4-1-2-7-11(8)16-12(9)10;1-11-8(10)6-4-2-3-5-7(6)9/h2-12H,1H3;1,3-7,14-15H;2-5H,1H3/q;+1;. The largest absolute Gasteiger partial charge is 0.492 e. The highest BCUT2D eigenvalue weighted by Crippen LogP contribution is 2.37. The normalized spacial score (nSPS) is 11.1. The summed E-state index contributed by atoms with van der Waals surface area (Å²) >= 11 is 3.24. The average Bonchev–Trinajstić information content (AvgIpc) is 3.73. The van der Waals surface area contributed by atoms with Gasteiger partial charge in [-0.2, -0.15) is 0 Å². The Balaban J connectivity index is 0.000000139. The minimum absolute atomic E-state index is 0.322. The number of furan rings is 2. The Morgan fingerprint density at radius 2 is 1.30 bits per heavy atom. The van der Waals surface area contributed by atoms with E-state index in [1.54, 1.807) is 48.6 Å². The minimum Gasteiger partial charge on any atom is -0.465 e. The first kappa shape index (κ1) is 34.1. The van der Waals surface area contributed by atoms with Gasteiger partial charge in [0.15, 0.2) is 5.58 Å². The Bertz CT molecular complexity index is 2400. The van der Waals surface area contributed by atoms with Crippen molar-refractivity contribution < 1.29 is 37.9 Å². The summed E-state index contributed by atoms with van der Waals surface area (Å²) in [6, 6.07) is 33.8. The van der Waals surface area contributed by atoms with Crippen LogP contribution in [0.3, 0.4) is 0 Å². The SMILES string of the molecule is COC(=O)c1ccccc1-c1cccc2c1oc1ccccc12.COC(=O)c1ccccc1Br.OB(O)c1cccc2c3c(oc12)C=[C+]C=C3. The first-order valence-electron chi connectivity index (χ1n) is 15.4. The molecule has 0 amide bonds. The zero-order valence-corrected chi connectivity index (χ0v) is 28.5. The monoisotopic (exact) mass is 727 g/mol. The predicted octanol–water partition coefficient (Wildman–Crippen LogP) is 8.23. The van der Waals surface area contributed by atoms with Gasteiger partial charge in [-0.05, 0) is 51.8 Å². The summed E-state index contributed by atoms with van der Waals surface area (Å²) < 4.78 is 21.9. The van der Waals surface area contributed by atoms with E-state index in [0.717, 1.165) is 48.5 Å². The molecule has 0 unspecified atom stereocenters. The second kappa shape index (κ2) is 15.2. The van der Waals surface area contributed by atoms with E-state index in [9.17, 15) is 19.6 Å². The van der Waals surface area contributed by atoms with E-state index < -0.39 is 7.12 Å². The van der Waals surface area contributed by atoms with Crippen LogP contribution in [0, 0.1) is 6.08 Å². The Hall–Kier alpha value is -5.77. The van der Waals surface area contributed by atoms with E-state index in [1.165, 1.54) is 14.2 Å². The van der Waals surface area contributed by atoms with Crippen LogP contribution in [0.2, 0.25) is 0 Å². The summed E-state index contributed by atoms with van der Waals surface area (Å²) in [5, 5.41) is 21.5. The molecule has 8 nitrogen and oxygen atoms in total. The van der Waals surface area contributed by atoms with Crippen molar-refractivity contribution in [2.24, 2.45) is 0 Å². The maximum absolute atomic E-state index is 12.1. The quantitative estimate of drug-likeness (QED) is 0.106. The summed E-state index contributed by atoms with van der Waals surface area (Å²) in [6.45, 7) is 0. The van der Waals surface area contributed by atoms with Gasteiger partial charge in [-0.1, -0.05) is 78.9 Å².